The number of carbonyl (C=O) groups excluding carboxylic acids is 2. The average molecular weight is 299 g/mol. The number of methoxy groups -OCH3 is 1. The molecule has 0 spiro atoms. The fourth-order valence-corrected chi connectivity index (χ4v) is 2.63. The fraction of sp³-hybridized carbons (Fsp3) is 0.417. The molecule has 2 atom stereocenters. The topological polar surface area (TPSA) is 112 Å². The van der Waals surface area contributed by atoms with E-state index in [-0.39, 0.29) is 19.1 Å². The van der Waals surface area contributed by atoms with Gasteiger partial charge in [-0.1, -0.05) is 11.6 Å². The molecule has 1 aliphatic rings. The number of primary amides is 2. The highest BCUT2D eigenvalue weighted by molar-refractivity contribution is 6.30. The van der Waals surface area contributed by atoms with Gasteiger partial charge >= 0.3 is 6.03 Å². The van der Waals surface area contributed by atoms with Crippen LogP contribution in [-0.2, 0) is 15.1 Å². The molecule has 0 aromatic carbocycles. The van der Waals surface area contributed by atoms with Crippen LogP contribution >= 0.6 is 11.6 Å². The number of amides is 3. The van der Waals surface area contributed by atoms with Crippen LogP contribution in [0.5, 0.6) is 0 Å². The van der Waals surface area contributed by atoms with E-state index in [1.807, 2.05) is 0 Å². The van der Waals surface area contributed by atoms with Gasteiger partial charge in [0.2, 0.25) is 5.91 Å². The summed E-state index contributed by atoms with van der Waals surface area (Å²) in [4.78, 5) is 29.0. The first-order valence-corrected chi connectivity index (χ1v) is 6.31. The van der Waals surface area contributed by atoms with Gasteiger partial charge in [0.05, 0.1) is 23.4 Å². The minimum Gasteiger partial charge on any atom is -0.379 e. The molecule has 1 saturated heterocycles. The van der Waals surface area contributed by atoms with Crippen LogP contribution in [-0.4, -0.2) is 41.6 Å². The number of carbonyl (C=O) groups is 2. The highest BCUT2D eigenvalue weighted by Crippen LogP contribution is 2.39. The number of hydrogen-bond acceptors (Lipinski definition) is 4. The van der Waals surface area contributed by atoms with Crippen molar-refractivity contribution in [2.75, 3.05) is 13.7 Å². The summed E-state index contributed by atoms with van der Waals surface area (Å²) in [6.45, 7) is 0.180. The van der Waals surface area contributed by atoms with Gasteiger partial charge in [0, 0.05) is 19.7 Å². The molecule has 1 aliphatic heterocycles. The van der Waals surface area contributed by atoms with E-state index >= 15 is 0 Å². The zero-order chi connectivity index (χ0) is 14.9. The molecule has 8 heteroatoms. The van der Waals surface area contributed by atoms with Crippen LogP contribution in [0.1, 0.15) is 12.1 Å². The van der Waals surface area contributed by atoms with E-state index in [1.165, 1.54) is 18.2 Å². The zero-order valence-corrected chi connectivity index (χ0v) is 11.6. The Balaban J connectivity index is 2.55. The summed E-state index contributed by atoms with van der Waals surface area (Å²) in [6, 6.07) is 2.38. The predicted octanol–water partition coefficient (Wildman–Crippen LogP) is 0.215. The van der Waals surface area contributed by atoms with Gasteiger partial charge in [-0.15, -0.1) is 0 Å². The lowest BCUT2D eigenvalue weighted by Crippen LogP contribution is -2.55. The minimum absolute atomic E-state index is 0.180. The van der Waals surface area contributed by atoms with E-state index in [0.29, 0.717) is 10.7 Å². The molecular weight excluding hydrogens is 284 g/mol. The molecule has 0 aliphatic carbocycles. The Bertz CT molecular complexity index is 536. The highest BCUT2D eigenvalue weighted by Gasteiger charge is 2.54. The molecule has 7 nitrogen and oxygen atoms in total. The van der Waals surface area contributed by atoms with Gasteiger partial charge in [-0.25, -0.2) is 4.79 Å². The summed E-state index contributed by atoms with van der Waals surface area (Å²) in [5.74, 6) is -0.703. The molecule has 0 bridgehead atoms. The van der Waals surface area contributed by atoms with Crippen molar-refractivity contribution >= 4 is 23.5 Å². The van der Waals surface area contributed by atoms with Crippen molar-refractivity contribution in [3.63, 3.8) is 0 Å². The van der Waals surface area contributed by atoms with Crippen molar-refractivity contribution in [1.82, 2.24) is 9.88 Å². The summed E-state index contributed by atoms with van der Waals surface area (Å²) in [5, 5.41) is 0.417. The number of ether oxygens (including phenoxy) is 1. The lowest BCUT2D eigenvalue weighted by atomic mass is 9.90. The standard InChI is InChI=1S/C12H15ClN4O3/c1-20-8-4-12(10(14)18,17(6-8)11(15)19)9-3-2-7(13)5-16-9/h2-3,5,8H,4,6H2,1H3,(H2,14,18)(H2,15,19). The number of nitrogens with two attached hydrogens (primary N) is 2. The molecule has 3 amide bonds. The Morgan fingerprint density at radius 2 is 2.20 bits per heavy atom. The first-order chi connectivity index (χ1) is 9.41. The number of likely N-dealkylation sites (tertiary alicyclic amines) is 1. The van der Waals surface area contributed by atoms with E-state index in [2.05, 4.69) is 4.98 Å². The van der Waals surface area contributed by atoms with Crippen molar-refractivity contribution in [3.8, 4) is 0 Å². The monoisotopic (exact) mass is 298 g/mol. The molecule has 108 valence electrons. The summed E-state index contributed by atoms with van der Waals surface area (Å²) in [5.41, 5.74) is 9.82. The quantitative estimate of drug-likeness (QED) is 0.831. The maximum absolute atomic E-state index is 12.0. The van der Waals surface area contributed by atoms with Crippen molar-refractivity contribution < 1.29 is 14.3 Å². The molecule has 2 unspecified atom stereocenters. The third kappa shape index (κ3) is 2.19. The number of nitrogens with zero attached hydrogens (tertiary/aromatic N) is 2. The third-order valence-corrected chi connectivity index (χ3v) is 3.75. The Kier molecular flexibility index (Phi) is 3.82. The summed E-state index contributed by atoms with van der Waals surface area (Å²) < 4.78 is 5.23. The first-order valence-electron chi connectivity index (χ1n) is 5.93. The van der Waals surface area contributed by atoms with Gasteiger partial charge in [-0.05, 0) is 12.1 Å². The van der Waals surface area contributed by atoms with Gasteiger partial charge in [0.15, 0.2) is 5.54 Å². The third-order valence-electron chi connectivity index (χ3n) is 3.53. The van der Waals surface area contributed by atoms with Crippen LogP contribution in [0.2, 0.25) is 5.02 Å². The number of aromatic nitrogens is 1. The molecule has 2 heterocycles. The number of halogens is 1. The van der Waals surface area contributed by atoms with E-state index < -0.39 is 17.5 Å². The van der Waals surface area contributed by atoms with Crippen LogP contribution in [0.4, 0.5) is 4.79 Å². The SMILES string of the molecule is COC1CN(C(N)=O)C(C(N)=O)(c2ccc(Cl)cn2)C1. The molecule has 4 N–H and O–H groups in total. The molecule has 0 saturated carbocycles. The molecule has 1 fully saturated rings. The Morgan fingerprint density at radius 3 is 2.65 bits per heavy atom. The van der Waals surface area contributed by atoms with Gasteiger partial charge in [-0.3, -0.25) is 9.78 Å². The van der Waals surface area contributed by atoms with E-state index in [9.17, 15) is 9.59 Å². The van der Waals surface area contributed by atoms with Crippen molar-refractivity contribution in [2.45, 2.75) is 18.1 Å². The van der Waals surface area contributed by atoms with Crippen molar-refractivity contribution in [2.24, 2.45) is 11.5 Å². The highest BCUT2D eigenvalue weighted by atomic mass is 35.5. The van der Waals surface area contributed by atoms with E-state index in [1.54, 1.807) is 12.1 Å². The zero-order valence-electron chi connectivity index (χ0n) is 10.9. The van der Waals surface area contributed by atoms with Crippen molar-refractivity contribution in [3.05, 3.63) is 29.0 Å². The van der Waals surface area contributed by atoms with E-state index in [4.69, 9.17) is 27.8 Å². The summed E-state index contributed by atoms with van der Waals surface area (Å²) in [6.07, 6.45) is 1.25. The largest absolute Gasteiger partial charge is 0.379 e. The van der Waals surface area contributed by atoms with E-state index in [0.717, 1.165) is 0 Å². The molecule has 0 radical (unpaired) electrons. The second-order valence-corrected chi connectivity index (χ2v) is 5.03. The molecule has 2 rings (SSSR count). The van der Waals surface area contributed by atoms with Crippen LogP contribution in [0.25, 0.3) is 0 Å². The Labute approximate surface area is 120 Å². The Morgan fingerprint density at radius 1 is 1.50 bits per heavy atom. The number of pyridine rings is 1. The summed E-state index contributed by atoms with van der Waals surface area (Å²) >= 11 is 5.79. The lowest BCUT2D eigenvalue weighted by molar-refractivity contribution is -0.128. The van der Waals surface area contributed by atoms with Crippen LogP contribution in [0, 0.1) is 0 Å². The molecule has 20 heavy (non-hydrogen) atoms. The van der Waals surface area contributed by atoms with Crippen molar-refractivity contribution in [1.29, 1.82) is 0 Å². The van der Waals surface area contributed by atoms with Crippen LogP contribution < -0.4 is 11.5 Å². The minimum atomic E-state index is -1.41. The molecular formula is C12H15ClN4O3. The maximum Gasteiger partial charge on any atom is 0.316 e. The molecule has 1 aromatic heterocycles. The second-order valence-electron chi connectivity index (χ2n) is 4.60. The summed E-state index contributed by atoms with van der Waals surface area (Å²) in [7, 11) is 1.50. The smallest absolute Gasteiger partial charge is 0.316 e. The lowest BCUT2D eigenvalue weighted by Gasteiger charge is -2.33. The molecule has 1 aromatic rings. The normalized spacial score (nSPS) is 25.7. The Hall–Kier alpha value is -1.86. The number of urea groups is 1. The predicted molar refractivity (Wildman–Crippen MR) is 71.8 cm³/mol. The average Bonchev–Trinajstić information content (AvgIpc) is 2.80. The number of rotatable bonds is 3. The van der Waals surface area contributed by atoms with Crippen LogP contribution in [0.3, 0.4) is 0 Å². The van der Waals surface area contributed by atoms with Gasteiger partial charge < -0.3 is 21.1 Å². The first kappa shape index (κ1) is 14.5. The maximum atomic E-state index is 12.0. The van der Waals surface area contributed by atoms with Gasteiger partial charge in [-0.2, -0.15) is 0 Å². The van der Waals surface area contributed by atoms with Gasteiger partial charge in [0.1, 0.15) is 0 Å². The van der Waals surface area contributed by atoms with Crippen LogP contribution in [0.15, 0.2) is 18.3 Å². The second kappa shape index (κ2) is 5.26. The number of hydrogen-bond donors (Lipinski definition) is 2. The fourth-order valence-electron chi connectivity index (χ4n) is 2.52. The van der Waals surface area contributed by atoms with Gasteiger partial charge in [0.25, 0.3) is 0 Å².